The number of carbonyl (C=O) groups is 1. The van der Waals surface area contributed by atoms with Gasteiger partial charge >= 0.3 is 0 Å². The minimum Gasteiger partial charge on any atom is -0.460 e. The van der Waals surface area contributed by atoms with Gasteiger partial charge in [-0.05, 0) is 36.7 Å². The standard InChI is InChI=1S/C18H22N2O3/c1-2-12-20(13-15-6-4-3-5-7-15)14-17-9-8-16(23-17)10-11-18(21)19-22/h3-11,22H,2,12-14H2,1H3,(H,19,21)/b11-10+. The number of nitrogens with one attached hydrogen (secondary N) is 1. The normalized spacial score (nSPS) is 11.3. The highest BCUT2D eigenvalue weighted by molar-refractivity contribution is 5.90. The van der Waals surface area contributed by atoms with Crippen LogP contribution in [-0.4, -0.2) is 22.6 Å². The quantitative estimate of drug-likeness (QED) is 0.446. The van der Waals surface area contributed by atoms with Crippen LogP contribution in [0.1, 0.15) is 30.4 Å². The van der Waals surface area contributed by atoms with Crippen LogP contribution in [0.4, 0.5) is 0 Å². The van der Waals surface area contributed by atoms with Crippen LogP contribution in [0.3, 0.4) is 0 Å². The first-order chi connectivity index (χ1) is 11.2. The summed E-state index contributed by atoms with van der Waals surface area (Å²) in [7, 11) is 0. The number of hydroxylamine groups is 1. The van der Waals surface area contributed by atoms with E-state index < -0.39 is 5.91 Å². The molecule has 0 aliphatic carbocycles. The molecule has 1 aromatic heterocycles. The molecule has 0 saturated heterocycles. The van der Waals surface area contributed by atoms with E-state index in [1.165, 1.54) is 17.7 Å². The molecular weight excluding hydrogens is 292 g/mol. The van der Waals surface area contributed by atoms with Crippen molar-refractivity contribution >= 4 is 12.0 Å². The highest BCUT2D eigenvalue weighted by atomic mass is 16.5. The monoisotopic (exact) mass is 314 g/mol. The Morgan fingerprint density at radius 3 is 2.70 bits per heavy atom. The highest BCUT2D eigenvalue weighted by Gasteiger charge is 2.09. The fraction of sp³-hybridized carbons (Fsp3) is 0.278. The molecule has 0 radical (unpaired) electrons. The van der Waals surface area contributed by atoms with Crippen LogP contribution >= 0.6 is 0 Å². The van der Waals surface area contributed by atoms with E-state index in [-0.39, 0.29) is 0 Å². The third kappa shape index (κ3) is 5.73. The van der Waals surface area contributed by atoms with Crippen molar-refractivity contribution in [2.75, 3.05) is 6.54 Å². The molecule has 122 valence electrons. The van der Waals surface area contributed by atoms with Crippen LogP contribution in [0.25, 0.3) is 6.08 Å². The Labute approximate surface area is 136 Å². The lowest BCUT2D eigenvalue weighted by Crippen LogP contribution is -2.23. The summed E-state index contributed by atoms with van der Waals surface area (Å²) in [4.78, 5) is 13.3. The highest BCUT2D eigenvalue weighted by Crippen LogP contribution is 2.14. The molecule has 2 N–H and O–H groups in total. The van der Waals surface area contributed by atoms with Crippen molar-refractivity contribution in [2.24, 2.45) is 0 Å². The first kappa shape index (κ1) is 17.0. The van der Waals surface area contributed by atoms with Crippen molar-refractivity contribution in [1.82, 2.24) is 10.4 Å². The van der Waals surface area contributed by atoms with Crippen molar-refractivity contribution in [3.8, 4) is 0 Å². The zero-order valence-electron chi connectivity index (χ0n) is 13.2. The van der Waals surface area contributed by atoms with E-state index in [2.05, 4.69) is 24.0 Å². The Morgan fingerprint density at radius 1 is 1.22 bits per heavy atom. The van der Waals surface area contributed by atoms with Gasteiger partial charge in [0.25, 0.3) is 5.91 Å². The maximum atomic E-state index is 11.0. The number of rotatable bonds is 8. The van der Waals surface area contributed by atoms with E-state index in [0.29, 0.717) is 12.3 Å². The van der Waals surface area contributed by atoms with Gasteiger partial charge in [0.2, 0.25) is 0 Å². The predicted octanol–water partition coefficient (Wildman–Crippen LogP) is 3.21. The number of furan rings is 1. The molecule has 23 heavy (non-hydrogen) atoms. The first-order valence-corrected chi connectivity index (χ1v) is 7.68. The minimum atomic E-state index is -0.584. The van der Waals surface area contributed by atoms with Gasteiger partial charge < -0.3 is 4.42 Å². The van der Waals surface area contributed by atoms with Gasteiger partial charge in [-0.2, -0.15) is 0 Å². The van der Waals surface area contributed by atoms with Crippen molar-refractivity contribution in [3.63, 3.8) is 0 Å². The molecule has 5 heteroatoms. The van der Waals surface area contributed by atoms with Gasteiger partial charge in [0.1, 0.15) is 11.5 Å². The van der Waals surface area contributed by atoms with Crippen molar-refractivity contribution in [3.05, 3.63) is 65.6 Å². The van der Waals surface area contributed by atoms with E-state index in [0.717, 1.165) is 25.3 Å². The first-order valence-electron chi connectivity index (χ1n) is 7.68. The van der Waals surface area contributed by atoms with Crippen LogP contribution < -0.4 is 5.48 Å². The van der Waals surface area contributed by atoms with E-state index in [1.807, 2.05) is 30.3 Å². The molecule has 1 heterocycles. The topological polar surface area (TPSA) is 65.7 Å². The average molecular weight is 314 g/mol. The average Bonchev–Trinajstić information content (AvgIpc) is 3.01. The third-order valence-corrected chi connectivity index (χ3v) is 3.36. The number of benzene rings is 1. The Balaban J connectivity index is 1.98. The van der Waals surface area contributed by atoms with Crippen LogP contribution in [0, 0.1) is 0 Å². The number of hydrogen-bond donors (Lipinski definition) is 2. The summed E-state index contributed by atoms with van der Waals surface area (Å²) in [6.45, 7) is 4.71. The Kier molecular flexibility index (Phi) is 6.59. The van der Waals surface area contributed by atoms with Crippen LogP contribution in [0.15, 0.2) is 53.0 Å². The summed E-state index contributed by atoms with van der Waals surface area (Å²) in [6.07, 6.45) is 3.81. The lowest BCUT2D eigenvalue weighted by molar-refractivity contribution is -0.124. The summed E-state index contributed by atoms with van der Waals surface area (Å²) in [6, 6.07) is 14.1. The molecule has 0 saturated carbocycles. The van der Waals surface area contributed by atoms with Crippen LogP contribution in [-0.2, 0) is 17.9 Å². The summed E-state index contributed by atoms with van der Waals surface area (Å²) >= 11 is 0. The number of hydrogen-bond acceptors (Lipinski definition) is 4. The van der Waals surface area contributed by atoms with Gasteiger partial charge in [0.15, 0.2) is 0 Å². The molecule has 5 nitrogen and oxygen atoms in total. The van der Waals surface area contributed by atoms with Gasteiger partial charge in [-0.25, -0.2) is 5.48 Å². The van der Waals surface area contributed by atoms with Gasteiger partial charge in [0, 0.05) is 12.6 Å². The second-order valence-electron chi connectivity index (χ2n) is 5.31. The van der Waals surface area contributed by atoms with E-state index in [1.54, 1.807) is 5.48 Å². The molecule has 0 aliphatic heterocycles. The number of amides is 1. The summed E-state index contributed by atoms with van der Waals surface area (Å²) in [5.41, 5.74) is 2.81. The zero-order chi connectivity index (χ0) is 16.5. The third-order valence-electron chi connectivity index (χ3n) is 3.36. The van der Waals surface area contributed by atoms with Crippen LogP contribution in [0.2, 0.25) is 0 Å². The summed E-state index contributed by atoms with van der Waals surface area (Å²) < 4.78 is 5.70. The largest absolute Gasteiger partial charge is 0.460 e. The smallest absolute Gasteiger partial charge is 0.267 e. The lowest BCUT2D eigenvalue weighted by atomic mass is 10.2. The fourth-order valence-corrected chi connectivity index (χ4v) is 2.36. The van der Waals surface area contributed by atoms with Gasteiger partial charge in [-0.15, -0.1) is 0 Å². The SMILES string of the molecule is CCCN(Cc1ccccc1)Cc1ccc(/C=C/C(=O)NO)o1. The Bertz CT molecular complexity index is 635. The molecule has 0 aliphatic rings. The van der Waals surface area contributed by atoms with E-state index in [9.17, 15) is 4.79 Å². The molecule has 0 unspecified atom stereocenters. The second-order valence-corrected chi connectivity index (χ2v) is 5.31. The van der Waals surface area contributed by atoms with Crippen molar-refractivity contribution in [2.45, 2.75) is 26.4 Å². The molecule has 0 spiro atoms. The van der Waals surface area contributed by atoms with Crippen LogP contribution in [0.5, 0.6) is 0 Å². The Hall–Kier alpha value is -2.37. The van der Waals surface area contributed by atoms with E-state index >= 15 is 0 Å². The maximum Gasteiger partial charge on any atom is 0.267 e. The number of carbonyl (C=O) groups excluding carboxylic acids is 1. The molecule has 0 fully saturated rings. The summed E-state index contributed by atoms with van der Waals surface area (Å²) in [5, 5.41) is 8.45. The molecule has 0 bridgehead atoms. The zero-order valence-corrected chi connectivity index (χ0v) is 13.2. The van der Waals surface area contributed by atoms with Crippen molar-refractivity contribution < 1.29 is 14.4 Å². The molecule has 2 rings (SSSR count). The minimum absolute atomic E-state index is 0.583. The van der Waals surface area contributed by atoms with Gasteiger partial charge in [-0.1, -0.05) is 37.3 Å². The van der Waals surface area contributed by atoms with Gasteiger partial charge in [-0.3, -0.25) is 14.9 Å². The molecule has 1 amide bonds. The molecule has 2 aromatic rings. The van der Waals surface area contributed by atoms with Crippen molar-refractivity contribution in [1.29, 1.82) is 0 Å². The summed E-state index contributed by atoms with van der Waals surface area (Å²) in [5.74, 6) is 0.845. The lowest BCUT2D eigenvalue weighted by Gasteiger charge is -2.20. The number of nitrogens with zero attached hydrogens (tertiary/aromatic N) is 1. The maximum absolute atomic E-state index is 11.0. The predicted molar refractivity (Wildman–Crippen MR) is 88.5 cm³/mol. The molecular formula is C18H22N2O3. The second kappa shape index (κ2) is 8.92. The van der Waals surface area contributed by atoms with E-state index in [4.69, 9.17) is 9.62 Å². The van der Waals surface area contributed by atoms with Gasteiger partial charge in [0.05, 0.1) is 6.54 Å². The Morgan fingerprint density at radius 2 is 2.00 bits per heavy atom. The molecule has 1 aromatic carbocycles. The molecule has 0 atom stereocenters. The fourth-order valence-electron chi connectivity index (χ4n) is 2.36.